The Morgan fingerprint density at radius 3 is 2.76 bits per heavy atom. The maximum absolute atomic E-state index is 5.62. The minimum absolute atomic E-state index is 0.445. The fraction of sp³-hybridized carbons (Fsp3) is 0.429. The van der Waals surface area contributed by atoms with E-state index in [1.807, 2.05) is 18.2 Å². The van der Waals surface area contributed by atoms with E-state index in [0.717, 1.165) is 24.1 Å². The summed E-state index contributed by atoms with van der Waals surface area (Å²) in [6.45, 7) is 8.21. The number of hydrogen-bond acceptors (Lipinski definition) is 2. The number of ether oxygens (including phenoxy) is 1. The molecule has 1 aromatic rings. The molecule has 0 aliphatic heterocycles. The van der Waals surface area contributed by atoms with E-state index < -0.39 is 0 Å². The van der Waals surface area contributed by atoms with E-state index in [9.17, 15) is 0 Å². The van der Waals surface area contributed by atoms with E-state index in [-0.39, 0.29) is 0 Å². The smallest absolute Gasteiger partial charge is 0.0716 e. The van der Waals surface area contributed by atoms with Gasteiger partial charge in [-0.15, -0.1) is 0 Å². The molecule has 94 valence electrons. The van der Waals surface area contributed by atoms with E-state index in [1.54, 1.807) is 0 Å². The molecular formula is C14H20BrNO. The highest BCUT2D eigenvalue weighted by Crippen LogP contribution is 2.02. The number of hydrogen-bond donors (Lipinski definition) is 1. The number of benzene rings is 1. The summed E-state index contributed by atoms with van der Waals surface area (Å²) in [7, 11) is 0. The summed E-state index contributed by atoms with van der Waals surface area (Å²) in [6.07, 6.45) is 1.01. The Bertz CT molecular complexity index is 326. The molecule has 0 aliphatic carbocycles. The van der Waals surface area contributed by atoms with Crippen LogP contribution in [0.4, 0.5) is 0 Å². The zero-order valence-electron chi connectivity index (χ0n) is 10.3. The Morgan fingerprint density at radius 1 is 1.41 bits per heavy atom. The zero-order valence-corrected chi connectivity index (χ0v) is 11.9. The number of nitrogens with one attached hydrogen (secondary N) is 1. The average molecular weight is 298 g/mol. The average Bonchev–Trinajstić information content (AvgIpc) is 2.33. The van der Waals surface area contributed by atoms with Crippen molar-refractivity contribution in [2.24, 2.45) is 0 Å². The monoisotopic (exact) mass is 297 g/mol. The van der Waals surface area contributed by atoms with Crippen molar-refractivity contribution in [2.75, 3.05) is 13.2 Å². The van der Waals surface area contributed by atoms with E-state index in [0.29, 0.717) is 12.6 Å². The van der Waals surface area contributed by atoms with Crippen LogP contribution in [-0.4, -0.2) is 19.2 Å². The van der Waals surface area contributed by atoms with Crippen molar-refractivity contribution in [2.45, 2.75) is 26.0 Å². The minimum atomic E-state index is 0.445. The van der Waals surface area contributed by atoms with Gasteiger partial charge in [-0.25, -0.2) is 0 Å². The highest BCUT2D eigenvalue weighted by molar-refractivity contribution is 9.11. The summed E-state index contributed by atoms with van der Waals surface area (Å²) in [5.41, 5.74) is 1.22. The predicted octanol–water partition coefficient (Wildman–Crippen LogP) is 3.48. The van der Waals surface area contributed by atoms with Crippen LogP contribution in [0.15, 0.2) is 41.4 Å². The molecule has 1 N–H and O–H groups in total. The summed E-state index contributed by atoms with van der Waals surface area (Å²) in [5, 5.41) is 3.35. The second-order valence-corrected chi connectivity index (χ2v) is 5.25. The normalized spacial score (nSPS) is 12.4. The molecule has 0 heterocycles. The fourth-order valence-electron chi connectivity index (χ4n) is 1.41. The third-order valence-corrected chi connectivity index (χ3v) is 2.73. The Balaban J connectivity index is 2.06. The van der Waals surface area contributed by atoms with Gasteiger partial charge in [0.1, 0.15) is 0 Å². The van der Waals surface area contributed by atoms with Gasteiger partial charge in [-0.2, -0.15) is 0 Å². The Hall–Kier alpha value is -0.640. The standard InChI is InChI=1S/C14H20BrNO/c1-12(15)10-16-13(2)8-9-17-11-14-6-4-3-5-7-14/h3-7,13,16H,1,8-11H2,2H3. The molecule has 0 spiro atoms. The van der Waals surface area contributed by atoms with Gasteiger partial charge >= 0.3 is 0 Å². The lowest BCUT2D eigenvalue weighted by atomic mass is 10.2. The molecule has 2 nitrogen and oxygen atoms in total. The summed E-state index contributed by atoms with van der Waals surface area (Å²) < 4.78 is 6.60. The second kappa shape index (κ2) is 8.45. The third-order valence-electron chi connectivity index (χ3n) is 2.45. The van der Waals surface area contributed by atoms with Crippen LogP contribution in [0.2, 0.25) is 0 Å². The lowest BCUT2D eigenvalue weighted by molar-refractivity contribution is 0.113. The van der Waals surface area contributed by atoms with Gasteiger partial charge in [-0.05, 0) is 18.9 Å². The largest absolute Gasteiger partial charge is 0.377 e. The van der Waals surface area contributed by atoms with E-state index in [2.05, 4.69) is 46.9 Å². The minimum Gasteiger partial charge on any atom is -0.377 e. The van der Waals surface area contributed by atoms with Crippen LogP contribution in [0, 0.1) is 0 Å². The van der Waals surface area contributed by atoms with Crippen molar-refractivity contribution in [1.82, 2.24) is 5.32 Å². The van der Waals surface area contributed by atoms with Crippen LogP contribution in [0.3, 0.4) is 0 Å². The first-order valence-corrected chi connectivity index (χ1v) is 6.66. The maximum Gasteiger partial charge on any atom is 0.0716 e. The van der Waals surface area contributed by atoms with E-state index in [1.165, 1.54) is 5.56 Å². The van der Waals surface area contributed by atoms with Gasteiger partial charge in [-0.3, -0.25) is 0 Å². The number of halogens is 1. The SMILES string of the molecule is C=C(Br)CNC(C)CCOCc1ccccc1. The molecule has 1 atom stereocenters. The molecule has 3 heteroatoms. The van der Waals surface area contributed by atoms with Gasteiger partial charge < -0.3 is 10.1 Å². The van der Waals surface area contributed by atoms with Crippen molar-refractivity contribution in [3.8, 4) is 0 Å². The zero-order chi connectivity index (χ0) is 12.5. The van der Waals surface area contributed by atoms with E-state index >= 15 is 0 Å². The molecular weight excluding hydrogens is 278 g/mol. The third kappa shape index (κ3) is 7.31. The fourth-order valence-corrected chi connectivity index (χ4v) is 1.57. The van der Waals surface area contributed by atoms with Crippen LogP contribution >= 0.6 is 15.9 Å². The summed E-state index contributed by atoms with van der Waals surface area (Å²) in [5.74, 6) is 0. The molecule has 0 aromatic heterocycles. The Morgan fingerprint density at radius 2 is 2.12 bits per heavy atom. The summed E-state index contributed by atoms with van der Waals surface area (Å²) in [4.78, 5) is 0. The van der Waals surface area contributed by atoms with Crippen molar-refractivity contribution in [1.29, 1.82) is 0 Å². The highest BCUT2D eigenvalue weighted by atomic mass is 79.9. The summed E-state index contributed by atoms with van der Waals surface area (Å²) >= 11 is 3.33. The molecule has 0 saturated carbocycles. The molecule has 0 amide bonds. The highest BCUT2D eigenvalue weighted by Gasteiger charge is 2.01. The molecule has 0 fully saturated rings. The van der Waals surface area contributed by atoms with Crippen molar-refractivity contribution >= 4 is 15.9 Å². The van der Waals surface area contributed by atoms with Crippen molar-refractivity contribution in [3.63, 3.8) is 0 Å². The van der Waals surface area contributed by atoms with Crippen LogP contribution in [0.5, 0.6) is 0 Å². The van der Waals surface area contributed by atoms with Crippen molar-refractivity contribution < 1.29 is 4.74 Å². The maximum atomic E-state index is 5.62. The van der Waals surface area contributed by atoms with Crippen LogP contribution in [0.1, 0.15) is 18.9 Å². The van der Waals surface area contributed by atoms with Crippen LogP contribution in [-0.2, 0) is 11.3 Å². The first kappa shape index (κ1) is 14.4. The van der Waals surface area contributed by atoms with Crippen molar-refractivity contribution in [3.05, 3.63) is 47.0 Å². The van der Waals surface area contributed by atoms with Gasteiger partial charge in [0.2, 0.25) is 0 Å². The quantitative estimate of drug-likeness (QED) is 0.742. The molecule has 1 rings (SSSR count). The molecule has 1 unspecified atom stereocenters. The van der Waals surface area contributed by atoms with Gasteiger partial charge in [-0.1, -0.05) is 52.8 Å². The lowest BCUT2D eigenvalue weighted by Gasteiger charge is -2.13. The Kier molecular flexibility index (Phi) is 7.17. The van der Waals surface area contributed by atoms with Crippen LogP contribution in [0.25, 0.3) is 0 Å². The van der Waals surface area contributed by atoms with E-state index in [4.69, 9.17) is 4.74 Å². The van der Waals surface area contributed by atoms with Gasteiger partial charge in [0.25, 0.3) is 0 Å². The summed E-state index contributed by atoms with van der Waals surface area (Å²) in [6, 6.07) is 10.7. The molecule has 0 bridgehead atoms. The lowest BCUT2D eigenvalue weighted by Crippen LogP contribution is -2.28. The van der Waals surface area contributed by atoms with Gasteiger partial charge in [0.05, 0.1) is 6.61 Å². The molecule has 0 aliphatic rings. The second-order valence-electron chi connectivity index (χ2n) is 4.13. The first-order valence-electron chi connectivity index (χ1n) is 5.87. The first-order chi connectivity index (χ1) is 8.18. The van der Waals surface area contributed by atoms with Crippen LogP contribution < -0.4 is 5.32 Å². The van der Waals surface area contributed by atoms with Gasteiger partial charge in [0, 0.05) is 23.7 Å². The molecule has 17 heavy (non-hydrogen) atoms. The molecule has 0 radical (unpaired) electrons. The Labute approximate surface area is 112 Å². The predicted molar refractivity (Wildman–Crippen MR) is 76.2 cm³/mol. The van der Waals surface area contributed by atoms with Gasteiger partial charge in [0.15, 0.2) is 0 Å². The molecule has 0 saturated heterocycles. The molecule has 1 aromatic carbocycles. The number of rotatable bonds is 8. The topological polar surface area (TPSA) is 21.3 Å².